The SMILES string of the molecule is [Cr+3].[Cr+3].[Cr+3].[Cr+3].[O-][Si]([O-])([O-])[O-].[O-][Si]([O-])([O-])[O-].[O-][Si]([O-])([O-])[O-]. The van der Waals surface area contributed by atoms with Crippen LogP contribution in [0.5, 0.6) is 0 Å². The average molecular weight is 484 g/mol. The van der Waals surface area contributed by atoms with Gasteiger partial charge < -0.3 is 84.7 Å². The Labute approximate surface area is 153 Å². The standard InChI is InChI=1S/4Cr.3O4Si/c;;;;3*1-5(2,3)4/q4*+3;3*-4. The van der Waals surface area contributed by atoms with E-state index < -0.39 is 27.1 Å². The second kappa shape index (κ2) is 18.3. The summed E-state index contributed by atoms with van der Waals surface area (Å²) in [5.74, 6) is 0. The smallest absolute Gasteiger partial charge is 0.894 e. The maximum atomic E-state index is 8.58. The van der Waals surface area contributed by atoms with Gasteiger partial charge in [0.2, 0.25) is 0 Å². The number of hydrogen-bond acceptors (Lipinski definition) is 12. The van der Waals surface area contributed by atoms with E-state index in [1.165, 1.54) is 0 Å². The predicted molar refractivity (Wildman–Crippen MR) is 17.3 cm³/mol. The summed E-state index contributed by atoms with van der Waals surface area (Å²) in [6.45, 7) is 0. The Bertz CT molecular complexity index is 100.0. The molecular formula is Cr4O12Si3. The Balaban J connectivity index is -0.0000000206. The maximum absolute atomic E-state index is 8.58. The molecule has 0 N–H and O–H groups in total. The third-order valence-corrected chi connectivity index (χ3v) is 0. The third-order valence-electron chi connectivity index (χ3n) is 0. The summed E-state index contributed by atoms with van der Waals surface area (Å²) < 4.78 is 0. The van der Waals surface area contributed by atoms with Crippen LogP contribution >= 0.6 is 0 Å². The van der Waals surface area contributed by atoms with Crippen LogP contribution in [0.2, 0.25) is 0 Å². The van der Waals surface area contributed by atoms with Gasteiger partial charge >= 0.3 is 69.4 Å². The topological polar surface area (TPSA) is 277 Å². The zero-order chi connectivity index (χ0) is 13.5. The van der Waals surface area contributed by atoms with Gasteiger partial charge in [-0.2, -0.15) is 0 Å². The summed E-state index contributed by atoms with van der Waals surface area (Å²) in [5.41, 5.74) is 0. The molecule has 0 rings (SSSR count). The molecule has 0 fully saturated rings. The molecule has 0 aromatic heterocycles. The zero-order valence-corrected chi connectivity index (χ0v) is 16.1. The van der Waals surface area contributed by atoms with E-state index >= 15 is 0 Å². The van der Waals surface area contributed by atoms with Gasteiger partial charge in [0.15, 0.2) is 0 Å². The van der Waals surface area contributed by atoms with Gasteiger partial charge in [-0.3, -0.25) is 0 Å². The van der Waals surface area contributed by atoms with Gasteiger partial charge in [0.25, 0.3) is 0 Å². The van der Waals surface area contributed by atoms with Crippen molar-refractivity contribution in [1.82, 2.24) is 0 Å². The Hall–Kier alpha value is 2.30. The number of hydrogen-bond donors (Lipinski definition) is 0. The molecule has 0 aliphatic rings. The minimum Gasteiger partial charge on any atom is -0.894 e. The molecule has 0 saturated heterocycles. The fraction of sp³-hybridized carbons (Fsp3) is 0. The second-order valence-electron chi connectivity index (χ2n) is 1.50. The molecule has 12 nitrogen and oxygen atoms in total. The minimum absolute atomic E-state index is 0. The van der Waals surface area contributed by atoms with Gasteiger partial charge in [-0.05, 0) is 0 Å². The first kappa shape index (κ1) is 42.9. The summed E-state index contributed by atoms with van der Waals surface area (Å²) in [6, 6.07) is 0. The predicted octanol–water partition coefficient (Wildman–Crippen LogP) is -15.4. The third kappa shape index (κ3) is 1280. The van der Waals surface area contributed by atoms with Crippen molar-refractivity contribution >= 4 is 27.1 Å². The largest absolute Gasteiger partial charge is 3.00 e. The van der Waals surface area contributed by atoms with Gasteiger partial charge in [-0.15, -0.1) is 0 Å². The van der Waals surface area contributed by atoms with Crippen LogP contribution in [0.1, 0.15) is 0 Å². The summed E-state index contributed by atoms with van der Waals surface area (Å²) in [7, 11) is -16.8. The minimum atomic E-state index is -5.61. The van der Waals surface area contributed by atoms with Gasteiger partial charge in [0.05, 0.1) is 0 Å². The van der Waals surface area contributed by atoms with Crippen LogP contribution in [0, 0.1) is 0 Å². The van der Waals surface area contributed by atoms with Gasteiger partial charge in [0.1, 0.15) is 0 Å². The quantitative estimate of drug-likeness (QED) is 0.290. The fourth-order valence-corrected chi connectivity index (χ4v) is 0. The van der Waals surface area contributed by atoms with Crippen LogP contribution in [-0.4, -0.2) is 27.1 Å². The van der Waals surface area contributed by atoms with E-state index in [4.69, 9.17) is 57.5 Å². The number of rotatable bonds is 0. The molecule has 0 unspecified atom stereocenters. The van der Waals surface area contributed by atoms with Gasteiger partial charge in [-0.1, -0.05) is 0 Å². The van der Waals surface area contributed by atoms with E-state index in [0.29, 0.717) is 0 Å². The zero-order valence-electron chi connectivity index (χ0n) is 8.03. The molecule has 0 aliphatic carbocycles. The molecule has 0 saturated carbocycles. The van der Waals surface area contributed by atoms with Crippen molar-refractivity contribution < 1.29 is 127 Å². The molecule has 19 heavy (non-hydrogen) atoms. The Kier molecular flexibility index (Phi) is 41.5. The first-order valence-electron chi connectivity index (χ1n) is 2.45. The molecule has 108 valence electrons. The van der Waals surface area contributed by atoms with Crippen LogP contribution in [0.3, 0.4) is 0 Å². The van der Waals surface area contributed by atoms with E-state index in [-0.39, 0.29) is 69.4 Å². The van der Waals surface area contributed by atoms with Crippen molar-refractivity contribution in [3.05, 3.63) is 0 Å². The molecule has 4 radical (unpaired) electrons. The van der Waals surface area contributed by atoms with E-state index in [9.17, 15) is 0 Å². The van der Waals surface area contributed by atoms with E-state index in [0.717, 1.165) is 0 Å². The van der Waals surface area contributed by atoms with Crippen LogP contribution in [0.15, 0.2) is 0 Å². The molecule has 19 heteroatoms. The van der Waals surface area contributed by atoms with Crippen LogP contribution in [0.4, 0.5) is 0 Å². The summed E-state index contributed by atoms with van der Waals surface area (Å²) in [5, 5.41) is 0. The van der Waals surface area contributed by atoms with Crippen molar-refractivity contribution in [3.63, 3.8) is 0 Å². The average Bonchev–Trinajstić information content (AvgIpc) is 1.41. The van der Waals surface area contributed by atoms with Crippen molar-refractivity contribution in [2.45, 2.75) is 0 Å². The first-order valence-corrected chi connectivity index (χ1v) is 7.35. The Morgan fingerprint density at radius 2 is 0.263 bits per heavy atom. The summed E-state index contributed by atoms with van der Waals surface area (Å²) in [6.07, 6.45) is 0. The van der Waals surface area contributed by atoms with Crippen LogP contribution in [-0.2, 0) is 69.4 Å². The van der Waals surface area contributed by atoms with Gasteiger partial charge in [-0.25, -0.2) is 0 Å². The second-order valence-corrected chi connectivity index (χ2v) is 4.50. The van der Waals surface area contributed by atoms with Crippen molar-refractivity contribution in [2.24, 2.45) is 0 Å². The molecule has 0 bridgehead atoms. The van der Waals surface area contributed by atoms with Gasteiger partial charge in [0, 0.05) is 0 Å². The Morgan fingerprint density at radius 3 is 0.263 bits per heavy atom. The summed E-state index contributed by atoms with van der Waals surface area (Å²) in [4.78, 5) is 103. The van der Waals surface area contributed by atoms with Crippen molar-refractivity contribution in [3.8, 4) is 0 Å². The summed E-state index contributed by atoms with van der Waals surface area (Å²) >= 11 is 0. The van der Waals surface area contributed by atoms with E-state index in [1.54, 1.807) is 0 Å². The fourth-order valence-electron chi connectivity index (χ4n) is 0. The van der Waals surface area contributed by atoms with Crippen molar-refractivity contribution in [1.29, 1.82) is 0 Å². The molecule has 0 aromatic carbocycles. The molecule has 0 heterocycles. The van der Waals surface area contributed by atoms with Crippen LogP contribution < -0.4 is 57.5 Å². The molecule has 0 spiro atoms. The van der Waals surface area contributed by atoms with Crippen LogP contribution in [0.25, 0.3) is 0 Å². The molecule has 0 atom stereocenters. The molecule has 0 aliphatic heterocycles. The molecule has 0 aromatic rings. The normalized spacial score (nSPS) is 9.47. The molecule has 0 amide bonds. The molecular weight excluding hydrogens is 484 g/mol. The first-order chi connectivity index (χ1) is 6.00. The Morgan fingerprint density at radius 1 is 0.263 bits per heavy atom. The maximum Gasteiger partial charge on any atom is 3.00 e. The monoisotopic (exact) mass is 484 g/mol. The van der Waals surface area contributed by atoms with E-state index in [1.807, 2.05) is 0 Å². The van der Waals surface area contributed by atoms with E-state index in [2.05, 4.69) is 0 Å². The van der Waals surface area contributed by atoms with Crippen molar-refractivity contribution in [2.75, 3.05) is 0 Å².